The number of rotatable bonds is 23. The SMILES string of the molecule is CC(C)(C)OC(=O)N(CCCCN(CCCNC(=S)NCCC(c1ccccc1)c1ccccc1)C(=O)OC(C)(C)C)CCCNC(=S)NCCC(c1ccccc1)c1ccccc1. The van der Waals surface area contributed by atoms with Gasteiger partial charge in [0.1, 0.15) is 11.2 Å². The first-order chi connectivity index (χ1) is 30.7. The molecule has 0 heterocycles. The van der Waals surface area contributed by atoms with Crippen molar-refractivity contribution in [2.45, 2.75) is 103 Å². The molecule has 346 valence electrons. The average Bonchev–Trinajstić information content (AvgIpc) is 3.26. The lowest BCUT2D eigenvalue weighted by Crippen LogP contribution is -2.41. The molecule has 0 unspecified atom stereocenters. The van der Waals surface area contributed by atoms with Gasteiger partial charge in [0.2, 0.25) is 0 Å². The minimum Gasteiger partial charge on any atom is -0.444 e. The number of ether oxygens (including phenoxy) is 2. The van der Waals surface area contributed by atoms with Crippen molar-refractivity contribution in [3.8, 4) is 0 Å². The van der Waals surface area contributed by atoms with Crippen molar-refractivity contribution in [3.05, 3.63) is 144 Å². The molecule has 0 aliphatic carbocycles. The Morgan fingerprint density at radius 3 is 1.00 bits per heavy atom. The molecule has 64 heavy (non-hydrogen) atoms. The summed E-state index contributed by atoms with van der Waals surface area (Å²) in [6.07, 6.45) is 3.83. The largest absolute Gasteiger partial charge is 0.444 e. The molecule has 4 aromatic rings. The third-order valence-electron chi connectivity index (χ3n) is 10.4. The van der Waals surface area contributed by atoms with Crippen LogP contribution >= 0.6 is 24.4 Å². The van der Waals surface area contributed by atoms with E-state index in [2.05, 4.69) is 118 Å². The number of unbranched alkanes of at least 4 members (excludes halogenated alkanes) is 1. The number of thiocarbonyl (C=S) groups is 2. The van der Waals surface area contributed by atoms with Crippen molar-refractivity contribution >= 4 is 46.8 Å². The summed E-state index contributed by atoms with van der Waals surface area (Å²) in [6.45, 7) is 15.9. The first-order valence-electron chi connectivity index (χ1n) is 22.9. The van der Waals surface area contributed by atoms with Crippen molar-refractivity contribution < 1.29 is 19.1 Å². The van der Waals surface area contributed by atoms with Gasteiger partial charge in [0.05, 0.1) is 0 Å². The van der Waals surface area contributed by atoms with Gasteiger partial charge in [0, 0.05) is 64.2 Å². The summed E-state index contributed by atoms with van der Waals surface area (Å²) in [5.74, 6) is 0.519. The number of benzene rings is 4. The summed E-state index contributed by atoms with van der Waals surface area (Å²) in [5, 5.41) is 14.6. The topological polar surface area (TPSA) is 107 Å². The number of hydrogen-bond acceptors (Lipinski definition) is 6. The summed E-state index contributed by atoms with van der Waals surface area (Å²) >= 11 is 11.3. The van der Waals surface area contributed by atoms with Gasteiger partial charge in [0.15, 0.2) is 10.2 Å². The van der Waals surface area contributed by atoms with Gasteiger partial charge in [0.25, 0.3) is 0 Å². The van der Waals surface area contributed by atoms with Crippen LogP contribution in [0.4, 0.5) is 9.59 Å². The highest BCUT2D eigenvalue weighted by Gasteiger charge is 2.24. The Morgan fingerprint density at radius 2 is 0.719 bits per heavy atom. The molecule has 12 heteroatoms. The Kier molecular flexibility index (Phi) is 21.9. The zero-order chi connectivity index (χ0) is 46.2. The first-order valence-corrected chi connectivity index (χ1v) is 23.7. The van der Waals surface area contributed by atoms with E-state index < -0.39 is 11.2 Å². The summed E-state index contributed by atoms with van der Waals surface area (Å²) < 4.78 is 11.6. The minimum absolute atomic E-state index is 0.259. The lowest BCUT2D eigenvalue weighted by atomic mass is 9.88. The molecule has 0 bridgehead atoms. The number of carbonyl (C=O) groups excluding carboxylic acids is 2. The van der Waals surface area contributed by atoms with Gasteiger partial charge < -0.3 is 40.5 Å². The highest BCUT2D eigenvalue weighted by molar-refractivity contribution is 7.80. The van der Waals surface area contributed by atoms with E-state index in [0.29, 0.717) is 75.2 Å². The van der Waals surface area contributed by atoms with Crippen LogP contribution in [-0.2, 0) is 9.47 Å². The Labute approximate surface area is 394 Å². The Morgan fingerprint density at radius 1 is 0.453 bits per heavy atom. The molecule has 0 saturated heterocycles. The second-order valence-electron chi connectivity index (χ2n) is 18.0. The van der Waals surface area contributed by atoms with Crippen LogP contribution in [0.15, 0.2) is 121 Å². The molecule has 0 fully saturated rings. The lowest BCUT2D eigenvalue weighted by Gasteiger charge is -2.29. The van der Waals surface area contributed by atoms with Gasteiger partial charge in [-0.05, 0) is 127 Å². The van der Waals surface area contributed by atoms with Crippen LogP contribution in [0.5, 0.6) is 0 Å². The first kappa shape index (κ1) is 51.4. The fourth-order valence-corrected chi connectivity index (χ4v) is 7.78. The van der Waals surface area contributed by atoms with Gasteiger partial charge in [-0.15, -0.1) is 0 Å². The van der Waals surface area contributed by atoms with E-state index in [1.807, 2.05) is 65.8 Å². The Bertz CT molecular complexity index is 1740. The molecule has 4 N–H and O–H groups in total. The van der Waals surface area contributed by atoms with Gasteiger partial charge in [-0.1, -0.05) is 121 Å². The number of carbonyl (C=O) groups is 2. The van der Waals surface area contributed by atoms with Crippen LogP contribution in [0.2, 0.25) is 0 Å². The van der Waals surface area contributed by atoms with Crippen LogP contribution in [0, 0.1) is 0 Å². The van der Waals surface area contributed by atoms with Crippen LogP contribution in [-0.4, -0.2) is 95.8 Å². The maximum atomic E-state index is 13.3. The fraction of sp³-hybridized carbons (Fsp3) is 0.462. The third-order valence-corrected chi connectivity index (χ3v) is 11.0. The fourth-order valence-electron chi connectivity index (χ4n) is 7.37. The maximum absolute atomic E-state index is 13.3. The summed E-state index contributed by atoms with van der Waals surface area (Å²) in [7, 11) is 0. The molecule has 0 radical (unpaired) electrons. The molecule has 0 aliphatic rings. The number of amides is 2. The van der Waals surface area contributed by atoms with E-state index in [-0.39, 0.29) is 24.0 Å². The highest BCUT2D eigenvalue weighted by Crippen LogP contribution is 2.28. The predicted molar refractivity (Wildman–Crippen MR) is 270 cm³/mol. The van der Waals surface area contributed by atoms with Crippen LogP contribution < -0.4 is 21.3 Å². The van der Waals surface area contributed by atoms with Gasteiger partial charge >= 0.3 is 12.2 Å². The van der Waals surface area contributed by atoms with Crippen LogP contribution in [0.3, 0.4) is 0 Å². The van der Waals surface area contributed by atoms with E-state index in [0.717, 1.165) is 25.9 Å². The van der Waals surface area contributed by atoms with Crippen molar-refractivity contribution in [3.63, 3.8) is 0 Å². The van der Waals surface area contributed by atoms with E-state index >= 15 is 0 Å². The van der Waals surface area contributed by atoms with Crippen molar-refractivity contribution in [2.24, 2.45) is 0 Å². The molecule has 10 nitrogen and oxygen atoms in total. The van der Waals surface area contributed by atoms with Crippen LogP contribution in [0.1, 0.15) is 114 Å². The molecular weight excluding hydrogens is 837 g/mol. The number of nitrogens with zero attached hydrogens (tertiary/aromatic N) is 2. The van der Waals surface area contributed by atoms with E-state index in [4.69, 9.17) is 33.9 Å². The molecule has 0 atom stereocenters. The van der Waals surface area contributed by atoms with Crippen LogP contribution in [0.25, 0.3) is 0 Å². The van der Waals surface area contributed by atoms with Gasteiger partial charge in [-0.25, -0.2) is 9.59 Å². The van der Waals surface area contributed by atoms with Crippen molar-refractivity contribution in [2.75, 3.05) is 52.4 Å². The lowest BCUT2D eigenvalue weighted by molar-refractivity contribution is 0.0208. The number of nitrogens with one attached hydrogen (secondary N) is 4. The minimum atomic E-state index is -0.622. The molecule has 0 spiro atoms. The highest BCUT2D eigenvalue weighted by atomic mass is 32.1. The van der Waals surface area contributed by atoms with Gasteiger partial charge in [-0.2, -0.15) is 0 Å². The molecule has 2 amide bonds. The standard InChI is InChI=1S/C52H72N6O4S2/c1-51(2,3)61-49(59)57(39-21-33-53-47(63)55-35-31-45(41-23-11-7-12-24-41)42-25-13-8-14-26-42)37-19-20-38-58(50(60)62-52(4,5)6)40-22-34-54-48(64)56-36-32-46(43-27-15-9-16-28-43)44-29-17-10-18-30-44/h7-18,23-30,45-46H,19-22,31-40H2,1-6H3,(H2,53,55,63)(H2,54,56,64). The summed E-state index contributed by atoms with van der Waals surface area (Å²) in [5.41, 5.74) is 3.86. The molecule has 0 aliphatic heterocycles. The maximum Gasteiger partial charge on any atom is 0.410 e. The molecule has 4 aromatic carbocycles. The third kappa shape index (κ3) is 20.1. The molecule has 4 rings (SSSR count). The van der Waals surface area contributed by atoms with E-state index in [9.17, 15) is 9.59 Å². The zero-order valence-electron chi connectivity index (χ0n) is 38.9. The van der Waals surface area contributed by atoms with Crippen molar-refractivity contribution in [1.29, 1.82) is 0 Å². The number of hydrogen-bond donors (Lipinski definition) is 4. The second kappa shape index (κ2) is 27.2. The van der Waals surface area contributed by atoms with Crippen molar-refractivity contribution in [1.82, 2.24) is 31.1 Å². The summed E-state index contributed by atoms with van der Waals surface area (Å²) in [4.78, 5) is 30.1. The smallest absolute Gasteiger partial charge is 0.410 e. The van der Waals surface area contributed by atoms with E-state index in [1.165, 1.54) is 22.3 Å². The normalized spacial score (nSPS) is 11.4. The molecular formula is C52H72N6O4S2. The van der Waals surface area contributed by atoms with E-state index in [1.54, 1.807) is 9.80 Å². The predicted octanol–water partition coefficient (Wildman–Crippen LogP) is 10.4. The average molecular weight is 909 g/mol. The van der Waals surface area contributed by atoms with Gasteiger partial charge in [-0.3, -0.25) is 0 Å². The monoisotopic (exact) mass is 909 g/mol. The molecule has 0 aromatic heterocycles. The zero-order valence-corrected chi connectivity index (χ0v) is 40.6. The Hall–Kier alpha value is -5.20. The Balaban J connectivity index is 1.20. The molecule has 0 saturated carbocycles. The second-order valence-corrected chi connectivity index (χ2v) is 18.9. The summed E-state index contributed by atoms with van der Waals surface area (Å²) in [6, 6.07) is 42.2. The quantitative estimate of drug-likeness (QED) is 0.0425.